The van der Waals surface area contributed by atoms with Gasteiger partial charge in [-0.25, -0.2) is 4.79 Å². The molecule has 0 saturated carbocycles. The molecule has 0 aromatic heterocycles. The van der Waals surface area contributed by atoms with Gasteiger partial charge < -0.3 is 15.2 Å². The van der Waals surface area contributed by atoms with E-state index in [1.54, 1.807) is 72.8 Å². The van der Waals surface area contributed by atoms with Crippen molar-refractivity contribution < 1.29 is 19.4 Å². The zero-order valence-electron chi connectivity index (χ0n) is 14.2. The average molecular weight is 382 g/mol. The molecule has 3 rings (SSSR count). The topological polar surface area (TPSA) is 75.6 Å². The molecule has 0 radical (unpaired) electrons. The molecule has 6 heteroatoms. The van der Waals surface area contributed by atoms with Crippen molar-refractivity contribution in [3.63, 3.8) is 0 Å². The largest absolute Gasteiger partial charge is 0.508 e. The molecule has 5 nitrogen and oxygen atoms in total. The molecule has 27 heavy (non-hydrogen) atoms. The molecule has 0 bridgehead atoms. The van der Waals surface area contributed by atoms with E-state index in [9.17, 15) is 14.7 Å². The van der Waals surface area contributed by atoms with E-state index in [1.807, 2.05) is 0 Å². The number of para-hydroxylation sites is 1. The number of phenols is 1. The van der Waals surface area contributed by atoms with E-state index in [2.05, 4.69) is 5.32 Å². The van der Waals surface area contributed by atoms with Gasteiger partial charge in [-0.3, -0.25) is 4.79 Å². The number of aromatic hydroxyl groups is 1. The van der Waals surface area contributed by atoms with Crippen LogP contribution in [0.15, 0.2) is 72.8 Å². The Morgan fingerprint density at radius 2 is 1.48 bits per heavy atom. The Kier molecular flexibility index (Phi) is 5.74. The minimum atomic E-state index is -0.596. The Labute approximate surface area is 161 Å². The van der Waals surface area contributed by atoms with Gasteiger partial charge in [0.05, 0.1) is 16.3 Å². The Hall–Kier alpha value is -3.31. The van der Waals surface area contributed by atoms with E-state index in [1.165, 1.54) is 0 Å². The van der Waals surface area contributed by atoms with Crippen LogP contribution in [0.3, 0.4) is 0 Å². The van der Waals surface area contributed by atoms with Crippen LogP contribution in [0.5, 0.6) is 5.75 Å². The number of esters is 1. The number of rotatable bonds is 5. The van der Waals surface area contributed by atoms with Crippen molar-refractivity contribution in [1.29, 1.82) is 0 Å². The number of hydrogen-bond donors (Lipinski definition) is 2. The SMILES string of the molecule is O=C(COC(=O)c1ccc(-c2ccc(O)cc2)cc1)Nc1ccccc1Cl. The lowest BCUT2D eigenvalue weighted by atomic mass is 10.0. The van der Waals surface area contributed by atoms with Gasteiger partial charge in [-0.15, -0.1) is 0 Å². The van der Waals surface area contributed by atoms with E-state index in [4.69, 9.17) is 16.3 Å². The molecule has 3 aromatic carbocycles. The number of halogens is 1. The first kappa shape index (κ1) is 18.5. The summed E-state index contributed by atoms with van der Waals surface area (Å²) in [6.07, 6.45) is 0. The highest BCUT2D eigenvalue weighted by Crippen LogP contribution is 2.23. The zero-order chi connectivity index (χ0) is 19.2. The Bertz CT molecular complexity index is 953. The van der Waals surface area contributed by atoms with Crippen LogP contribution < -0.4 is 5.32 Å². The van der Waals surface area contributed by atoms with Gasteiger partial charge in [0.1, 0.15) is 5.75 Å². The zero-order valence-corrected chi connectivity index (χ0v) is 14.9. The van der Waals surface area contributed by atoms with E-state index < -0.39 is 18.5 Å². The van der Waals surface area contributed by atoms with Gasteiger partial charge in [0, 0.05) is 0 Å². The molecular weight excluding hydrogens is 366 g/mol. The van der Waals surface area contributed by atoms with Crippen LogP contribution in [-0.2, 0) is 9.53 Å². The fourth-order valence-corrected chi connectivity index (χ4v) is 2.60. The van der Waals surface area contributed by atoms with Gasteiger partial charge in [-0.05, 0) is 47.5 Å². The summed E-state index contributed by atoms with van der Waals surface area (Å²) >= 11 is 5.96. The van der Waals surface area contributed by atoms with Crippen molar-refractivity contribution in [2.75, 3.05) is 11.9 Å². The molecule has 0 aliphatic heterocycles. The Morgan fingerprint density at radius 3 is 2.11 bits per heavy atom. The number of amides is 1. The van der Waals surface area contributed by atoms with E-state index in [-0.39, 0.29) is 5.75 Å². The molecule has 1 amide bonds. The predicted molar refractivity (Wildman–Crippen MR) is 104 cm³/mol. The molecule has 3 aromatic rings. The maximum atomic E-state index is 12.1. The first-order valence-electron chi connectivity index (χ1n) is 8.14. The minimum Gasteiger partial charge on any atom is -0.508 e. The monoisotopic (exact) mass is 381 g/mol. The normalized spacial score (nSPS) is 10.3. The number of ether oxygens (including phenoxy) is 1. The van der Waals surface area contributed by atoms with Gasteiger partial charge in [0.15, 0.2) is 6.61 Å². The second-order valence-electron chi connectivity index (χ2n) is 5.73. The second-order valence-corrected chi connectivity index (χ2v) is 6.14. The third-order valence-electron chi connectivity index (χ3n) is 3.80. The van der Waals surface area contributed by atoms with Crippen molar-refractivity contribution in [3.8, 4) is 16.9 Å². The third kappa shape index (κ3) is 4.86. The van der Waals surface area contributed by atoms with Gasteiger partial charge in [0.2, 0.25) is 0 Å². The molecule has 136 valence electrons. The molecule has 0 aliphatic carbocycles. The maximum Gasteiger partial charge on any atom is 0.338 e. The smallest absolute Gasteiger partial charge is 0.338 e. The molecule has 0 spiro atoms. The summed E-state index contributed by atoms with van der Waals surface area (Å²) in [6.45, 7) is -0.413. The van der Waals surface area contributed by atoms with Crippen LogP contribution >= 0.6 is 11.6 Å². The lowest BCUT2D eigenvalue weighted by molar-refractivity contribution is -0.119. The van der Waals surface area contributed by atoms with Crippen LogP contribution in [-0.4, -0.2) is 23.6 Å². The highest BCUT2D eigenvalue weighted by molar-refractivity contribution is 6.33. The summed E-state index contributed by atoms with van der Waals surface area (Å²) in [5, 5.41) is 12.3. The highest BCUT2D eigenvalue weighted by atomic mass is 35.5. The number of phenolic OH excluding ortho intramolecular Hbond substituents is 1. The molecule has 2 N–H and O–H groups in total. The fourth-order valence-electron chi connectivity index (χ4n) is 2.42. The summed E-state index contributed by atoms with van der Waals surface area (Å²) in [5.74, 6) is -0.882. The minimum absolute atomic E-state index is 0.189. The van der Waals surface area contributed by atoms with Crippen LogP contribution in [0.25, 0.3) is 11.1 Å². The first-order valence-corrected chi connectivity index (χ1v) is 8.52. The Balaban J connectivity index is 1.57. The van der Waals surface area contributed by atoms with Crippen LogP contribution in [0, 0.1) is 0 Å². The van der Waals surface area contributed by atoms with Crippen molar-refractivity contribution in [3.05, 3.63) is 83.4 Å². The van der Waals surface area contributed by atoms with E-state index >= 15 is 0 Å². The number of nitrogens with one attached hydrogen (secondary N) is 1. The Morgan fingerprint density at radius 1 is 0.889 bits per heavy atom. The summed E-state index contributed by atoms with van der Waals surface area (Å²) in [7, 11) is 0. The van der Waals surface area contributed by atoms with Gasteiger partial charge in [-0.2, -0.15) is 0 Å². The standard InChI is InChI=1S/C21H16ClNO4/c22-18-3-1-2-4-19(18)23-20(25)13-27-21(26)16-7-5-14(6-8-16)15-9-11-17(24)12-10-15/h1-12,24H,13H2,(H,23,25). The molecular formula is C21H16ClNO4. The molecule has 0 saturated heterocycles. The van der Waals surface area contributed by atoms with E-state index in [0.717, 1.165) is 11.1 Å². The number of benzene rings is 3. The van der Waals surface area contributed by atoms with Crippen LogP contribution in [0.2, 0.25) is 5.02 Å². The van der Waals surface area contributed by atoms with Crippen molar-refractivity contribution in [2.24, 2.45) is 0 Å². The van der Waals surface area contributed by atoms with Crippen molar-refractivity contribution >= 4 is 29.2 Å². The van der Waals surface area contributed by atoms with Crippen molar-refractivity contribution in [2.45, 2.75) is 0 Å². The lowest BCUT2D eigenvalue weighted by Crippen LogP contribution is -2.21. The molecule has 0 heterocycles. The summed E-state index contributed by atoms with van der Waals surface area (Å²) in [5.41, 5.74) is 2.59. The third-order valence-corrected chi connectivity index (χ3v) is 4.13. The fraction of sp³-hybridized carbons (Fsp3) is 0.0476. The van der Waals surface area contributed by atoms with Crippen LogP contribution in [0.4, 0.5) is 5.69 Å². The molecule has 0 atom stereocenters. The number of anilines is 1. The number of carbonyl (C=O) groups excluding carboxylic acids is 2. The maximum absolute atomic E-state index is 12.1. The summed E-state index contributed by atoms with van der Waals surface area (Å²) < 4.78 is 5.04. The number of hydrogen-bond acceptors (Lipinski definition) is 4. The molecule has 0 unspecified atom stereocenters. The summed E-state index contributed by atoms with van der Waals surface area (Å²) in [6, 6.07) is 20.3. The molecule has 0 fully saturated rings. The van der Waals surface area contributed by atoms with Gasteiger partial charge in [-0.1, -0.05) is 48.0 Å². The average Bonchev–Trinajstić information content (AvgIpc) is 2.69. The van der Waals surface area contributed by atoms with Crippen LogP contribution in [0.1, 0.15) is 10.4 Å². The molecule has 0 aliphatic rings. The highest BCUT2D eigenvalue weighted by Gasteiger charge is 2.11. The first-order chi connectivity index (χ1) is 13.0. The lowest BCUT2D eigenvalue weighted by Gasteiger charge is -2.08. The quantitative estimate of drug-likeness (QED) is 0.637. The predicted octanol–water partition coefficient (Wildman–Crippen LogP) is 4.51. The van der Waals surface area contributed by atoms with Gasteiger partial charge in [0.25, 0.3) is 5.91 Å². The van der Waals surface area contributed by atoms with Crippen molar-refractivity contribution in [1.82, 2.24) is 0 Å². The van der Waals surface area contributed by atoms with Gasteiger partial charge >= 0.3 is 5.97 Å². The number of carbonyl (C=O) groups is 2. The second kappa shape index (κ2) is 8.38. The van der Waals surface area contributed by atoms with E-state index in [0.29, 0.717) is 16.3 Å². The summed E-state index contributed by atoms with van der Waals surface area (Å²) in [4.78, 5) is 24.0.